The summed E-state index contributed by atoms with van der Waals surface area (Å²) in [5, 5.41) is 20.2. The van der Waals surface area contributed by atoms with Gasteiger partial charge in [0.2, 0.25) is 0 Å². The van der Waals surface area contributed by atoms with Crippen LogP contribution in [-0.4, -0.2) is 46.1 Å². The predicted molar refractivity (Wildman–Crippen MR) is 87.5 cm³/mol. The first-order valence-corrected chi connectivity index (χ1v) is 6.54. The Morgan fingerprint density at radius 3 is 2.54 bits per heavy atom. The van der Waals surface area contributed by atoms with Gasteiger partial charge in [-0.25, -0.2) is 4.98 Å². The first kappa shape index (κ1) is 20.2. The van der Waals surface area contributed by atoms with Gasteiger partial charge >= 0.3 is 17.1 Å². The smallest absolute Gasteiger partial charge is 0.323 e. The predicted octanol–water partition coefficient (Wildman–Crippen LogP) is -1.78. The minimum Gasteiger partial charge on any atom is -0.480 e. The van der Waals surface area contributed by atoms with E-state index in [4.69, 9.17) is 5.11 Å². The molecule has 0 aliphatic heterocycles. The topological polar surface area (TPSA) is 216 Å². The molecule has 3 rings (SSSR count). The van der Waals surface area contributed by atoms with Crippen molar-refractivity contribution in [3.8, 4) is 5.69 Å². The number of nitrogens with zero attached hydrogens (tertiary/aromatic N) is 4. The van der Waals surface area contributed by atoms with Crippen molar-refractivity contribution in [1.82, 2.24) is 19.1 Å². The molecule has 3 aromatic rings. The van der Waals surface area contributed by atoms with Crippen LogP contribution < -0.4 is 11.1 Å². The SMILES string of the molecule is O.O.O=C(O)Cn1c(=O)c(=O)[nH]c2cc([N+](=O)[O-])c(-n3ccnc3)cc21. The van der Waals surface area contributed by atoms with Crippen LogP contribution in [0.5, 0.6) is 0 Å². The van der Waals surface area contributed by atoms with E-state index < -0.39 is 28.6 Å². The molecule has 0 aliphatic carbocycles. The molecular weight excluding hydrogens is 354 g/mol. The Bertz CT molecular complexity index is 1080. The Balaban J connectivity index is 0.00000169. The summed E-state index contributed by atoms with van der Waals surface area (Å²) < 4.78 is 2.10. The quantitative estimate of drug-likeness (QED) is 0.306. The number of aliphatic carboxylic acids is 1. The second kappa shape index (κ2) is 7.37. The van der Waals surface area contributed by atoms with Crippen LogP contribution in [0.3, 0.4) is 0 Å². The molecule has 0 spiro atoms. The molecule has 13 heteroatoms. The van der Waals surface area contributed by atoms with E-state index in [0.29, 0.717) is 0 Å². The van der Waals surface area contributed by atoms with Gasteiger partial charge in [0.1, 0.15) is 12.2 Å². The maximum Gasteiger partial charge on any atom is 0.323 e. The Morgan fingerprint density at radius 2 is 2.00 bits per heavy atom. The van der Waals surface area contributed by atoms with Crippen LogP contribution in [0.1, 0.15) is 0 Å². The van der Waals surface area contributed by atoms with E-state index in [2.05, 4.69) is 9.97 Å². The van der Waals surface area contributed by atoms with Crippen molar-refractivity contribution in [3.63, 3.8) is 0 Å². The van der Waals surface area contributed by atoms with Crippen LogP contribution >= 0.6 is 0 Å². The van der Waals surface area contributed by atoms with Gasteiger partial charge < -0.3 is 25.6 Å². The largest absolute Gasteiger partial charge is 0.480 e. The molecule has 0 fully saturated rings. The van der Waals surface area contributed by atoms with E-state index >= 15 is 0 Å². The Morgan fingerprint density at radius 1 is 1.31 bits per heavy atom. The molecule has 0 saturated carbocycles. The molecule has 13 nitrogen and oxygen atoms in total. The normalized spacial score (nSPS) is 10.0. The first-order chi connectivity index (χ1) is 11.4. The summed E-state index contributed by atoms with van der Waals surface area (Å²) in [6.07, 6.45) is 4.18. The number of fused-ring (bicyclic) bond motifs is 1. The zero-order valence-corrected chi connectivity index (χ0v) is 12.9. The third kappa shape index (κ3) is 3.33. The maximum atomic E-state index is 11.9. The molecule has 26 heavy (non-hydrogen) atoms. The lowest BCUT2D eigenvalue weighted by Gasteiger charge is -2.10. The average molecular weight is 367 g/mol. The third-order valence-corrected chi connectivity index (χ3v) is 3.34. The van der Waals surface area contributed by atoms with Crippen molar-refractivity contribution in [2.24, 2.45) is 0 Å². The maximum absolute atomic E-state index is 11.9. The standard InChI is InChI=1S/C13H9N5O6.2H2O/c19-11(20)5-17-8-4-9(16-2-1-14-6-16)10(18(23)24)3-7(8)15-12(21)13(17)22;;/h1-4,6H,5H2,(H,15,21)(H,19,20);2*1H2. The molecule has 0 atom stereocenters. The van der Waals surface area contributed by atoms with Crippen molar-refractivity contribution in [3.05, 3.63) is 61.7 Å². The highest BCUT2D eigenvalue weighted by Gasteiger charge is 2.20. The number of imidazole rings is 1. The molecule has 138 valence electrons. The molecule has 0 bridgehead atoms. The lowest BCUT2D eigenvalue weighted by Crippen LogP contribution is -2.37. The molecule has 0 unspecified atom stereocenters. The number of carboxylic acids is 1. The van der Waals surface area contributed by atoms with E-state index in [1.807, 2.05) is 0 Å². The van der Waals surface area contributed by atoms with Crippen molar-refractivity contribution in [2.45, 2.75) is 6.54 Å². The highest BCUT2D eigenvalue weighted by Crippen LogP contribution is 2.27. The van der Waals surface area contributed by atoms with Crippen molar-refractivity contribution < 1.29 is 25.8 Å². The number of nitrogens with one attached hydrogen (secondary N) is 1. The number of nitro groups is 1. The number of carboxylic acid groups (broad SMARTS) is 1. The second-order valence-electron chi connectivity index (χ2n) is 4.82. The summed E-state index contributed by atoms with van der Waals surface area (Å²) in [7, 11) is 0. The number of nitro benzene ring substituents is 1. The van der Waals surface area contributed by atoms with Crippen molar-refractivity contribution in [1.29, 1.82) is 0 Å². The summed E-state index contributed by atoms with van der Waals surface area (Å²) in [6.45, 7) is -0.750. The Kier molecular flexibility index (Phi) is 5.73. The summed E-state index contributed by atoms with van der Waals surface area (Å²) >= 11 is 0. The first-order valence-electron chi connectivity index (χ1n) is 6.54. The van der Waals surface area contributed by atoms with Gasteiger partial charge in [-0.15, -0.1) is 0 Å². The van der Waals surface area contributed by atoms with Crippen LogP contribution in [0.15, 0.2) is 40.4 Å². The second-order valence-corrected chi connectivity index (χ2v) is 4.82. The van der Waals surface area contributed by atoms with Crippen LogP contribution in [0, 0.1) is 10.1 Å². The van der Waals surface area contributed by atoms with Gasteiger partial charge in [-0.2, -0.15) is 0 Å². The molecule has 2 heterocycles. The van der Waals surface area contributed by atoms with Gasteiger partial charge in [0.05, 0.1) is 22.3 Å². The summed E-state index contributed by atoms with van der Waals surface area (Å²) in [4.78, 5) is 51.2. The van der Waals surface area contributed by atoms with E-state index in [1.54, 1.807) is 0 Å². The zero-order valence-electron chi connectivity index (χ0n) is 12.9. The molecule has 0 aliphatic rings. The van der Waals surface area contributed by atoms with Gasteiger partial charge in [-0.3, -0.25) is 29.1 Å². The zero-order chi connectivity index (χ0) is 17.4. The number of aromatic amines is 1. The molecule has 1 aromatic carbocycles. The number of rotatable bonds is 4. The summed E-state index contributed by atoms with van der Waals surface area (Å²) in [6, 6.07) is 2.33. The molecule has 0 saturated heterocycles. The van der Waals surface area contributed by atoms with E-state index in [9.17, 15) is 24.5 Å². The average Bonchev–Trinajstić information content (AvgIpc) is 3.04. The van der Waals surface area contributed by atoms with Gasteiger partial charge in [-0.05, 0) is 6.07 Å². The number of carbonyl (C=O) groups is 1. The van der Waals surface area contributed by atoms with Crippen LogP contribution in [0.2, 0.25) is 0 Å². The lowest BCUT2D eigenvalue weighted by atomic mass is 10.2. The number of hydrogen-bond acceptors (Lipinski definition) is 6. The fourth-order valence-electron chi connectivity index (χ4n) is 2.34. The van der Waals surface area contributed by atoms with E-state index in [0.717, 1.165) is 10.6 Å². The number of hydrogen-bond donors (Lipinski definition) is 2. The van der Waals surface area contributed by atoms with Crippen molar-refractivity contribution >= 4 is 22.7 Å². The third-order valence-electron chi connectivity index (χ3n) is 3.34. The molecular formula is C13H13N5O8. The molecule has 2 aromatic heterocycles. The van der Waals surface area contributed by atoms with Gasteiger partial charge in [0.25, 0.3) is 5.69 Å². The number of benzene rings is 1. The molecule has 0 amide bonds. The Labute approximate surface area is 142 Å². The minimum atomic E-state index is -1.33. The lowest BCUT2D eigenvalue weighted by molar-refractivity contribution is -0.384. The van der Waals surface area contributed by atoms with Crippen LogP contribution in [-0.2, 0) is 11.3 Å². The molecule has 0 radical (unpaired) electrons. The van der Waals surface area contributed by atoms with E-state index in [-0.39, 0.29) is 33.4 Å². The fraction of sp³-hybridized carbons (Fsp3) is 0.0769. The van der Waals surface area contributed by atoms with E-state index in [1.165, 1.54) is 29.4 Å². The van der Waals surface area contributed by atoms with Crippen LogP contribution in [0.25, 0.3) is 16.7 Å². The minimum absolute atomic E-state index is 0. The van der Waals surface area contributed by atoms with Crippen LogP contribution in [0.4, 0.5) is 5.69 Å². The Hall–Kier alpha value is -3.84. The monoisotopic (exact) mass is 367 g/mol. The summed E-state index contributed by atoms with van der Waals surface area (Å²) in [5.41, 5.74) is -2.34. The molecule has 6 N–H and O–H groups in total. The van der Waals surface area contributed by atoms with Gasteiger partial charge in [-0.1, -0.05) is 0 Å². The van der Waals surface area contributed by atoms with Crippen molar-refractivity contribution in [2.75, 3.05) is 0 Å². The number of H-pyrrole nitrogens is 1. The van der Waals surface area contributed by atoms with Gasteiger partial charge in [0, 0.05) is 18.5 Å². The van der Waals surface area contributed by atoms with Gasteiger partial charge in [0.15, 0.2) is 0 Å². The summed E-state index contributed by atoms with van der Waals surface area (Å²) in [5.74, 6) is -1.33. The number of aromatic nitrogens is 4. The highest BCUT2D eigenvalue weighted by atomic mass is 16.6. The highest BCUT2D eigenvalue weighted by molar-refractivity contribution is 5.83. The fourth-order valence-corrected chi connectivity index (χ4v) is 2.34.